The molecule has 3 nitrogen and oxygen atoms in total. The molecule has 0 atom stereocenters. The van der Waals surface area contributed by atoms with Crippen LogP contribution in [0.15, 0.2) is 11.6 Å². The van der Waals surface area contributed by atoms with E-state index in [0.717, 1.165) is 32.1 Å². The summed E-state index contributed by atoms with van der Waals surface area (Å²) in [5.74, 6) is -0.215. The van der Waals surface area contributed by atoms with Crippen LogP contribution >= 0.6 is 0 Å². The van der Waals surface area contributed by atoms with Crippen LogP contribution in [0.5, 0.6) is 0 Å². The molecule has 0 aliphatic rings. The Morgan fingerprint density at radius 1 is 1.33 bits per heavy atom. The molecule has 0 rings (SSSR count). The van der Waals surface area contributed by atoms with Crippen molar-refractivity contribution in [2.45, 2.75) is 46.0 Å². The number of carbonyl (C=O) groups is 1. The Kier molecular flexibility index (Phi) is 9.18. The van der Waals surface area contributed by atoms with Gasteiger partial charge in [0.25, 0.3) is 0 Å². The third-order valence-electron chi connectivity index (χ3n) is 2.12. The van der Waals surface area contributed by atoms with Gasteiger partial charge in [-0.2, -0.15) is 0 Å². The van der Waals surface area contributed by atoms with E-state index in [2.05, 4.69) is 6.92 Å². The third kappa shape index (κ3) is 8.18. The van der Waals surface area contributed by atoms with Crippen LogP contribution in [0.1, 0.15) is 46.0 Å². The van der Waals surface area contributed by atoms with Crippen LogP contribution < -0.4 is 0 Å². The molecule has 0 aromatic rings. The van der Waals surface area contributed by atoms with Crippen molar-refractivity contribution < 1.29 is 14.6 Å². The van der Waals surface area contributed by atoms with E-state index in [0.29, 0.717) is 12.2 Å². The van der Waals surface area contributed by atoms with Gasteiger partial charge in [-0.25, -0.2) is 4.79 Å². The van der Waals surface area contributed by atoms with Gasteiger partial charge < -0.3 is 9.84 Å². The van der Waals surface area contributed by atoms with Crippen LogP contribution in [0.3, 0.4) is 0 Å². The van der Waals surface area contributed by atoms with Crippen molar-refractivity contribution in [3.63, 3.8) is 0 Å². The van der Waals surface area contributed by atoms with E-state index in [1.165, 1.54) is 0 Å². The van der Waals surface area contributed by atoms with E-state index in [-0.39, 0.29) is 12.6 Å². The van der Waals surface area contributed by atoms with Gasteiger partial charge in [0.2, 0.25) is 0 Å². The van der Waals surface area contributed by atoms with Gasteiger partial charge in [-0.15, -0.1) is 0 Å². The first kappa shape index (κ1) is 14.2. The summed E-state index contributed by atoms with van der Waals surface area (Å²) in [5, 5.41) is 8.57. The van der Waals surface area contributed by atoms with Gasteiger partial charge in [-0.1, -0.05) is 19.4 Å². The zero-order chi connectivity index (χ0) is 11.5. The van der Waals surface area contributed by atoms with E-state index in [1.54, 1.807) is 6.92 Å². The molecule has 0 radical (unpaired) electrons. The Morgan fingerprint density at radius 3 is 2.67 bits per heavy atom. The van der Waals surface area contributed by atoms with Gasteiger partial charge in [-0.05, 0) is 32.6 Å². The van der Waals surface area contributed by atoms with Crippen LogP contribution in [-0.2, 0) is 9.53 Å². The lowest BCUT2D eigenvalue weighted by Gasteiger charge is -2.03. The van der Waals surface area contributed by atoms with E-state index in [9.17, 15) is 4.79 Å². The number of esters is 1. The fraction of sp³-hybridized carbons (Fsp3) is 0.750. The first-order valence-electron chi connectivity index (χ1n) is 5.67. The topological polar surface area (TPSA) is 46.5 Å². The first-order chi connectivity index (χ1) is 7.22. The minimum atomic E-state index is -0.215. The number of hydrogen-bond donors (Lipinski definition) is 1. The number of ether oxygens (including phenoxy) is 1. The molecule has 0 aromatic carbocycles. The number of allylic oxidation sites excluding steroid dienone is 1. The molecule has 0 aliphatic heterocycles. The molecule has 0 saturated heterocycles. The lowest BCUT2D eigenvalue weighted by atomic mass is 10.2. The summed E-state index contributed by atoms with van der Waals surface area (Å²) in [6, 6.07) is 0. The molecular weight excluding hydrogens is 192 g/mol. The quantitative estimate of drug-likeness (QED) is 0.383. The van der Waals surface area contributed by atoms with E-state index in [4.69, 9.17) is 9.84 Å². The lowest BCUT2D eigenvalue weighted by Crippen LogP contribution is -2.06. The number of carbonyl (C=O) groups excluding carboxylic acids is 1. The van der Waals surface area contributed by atoms with Crippen LogP contribution in [-0.4, -0.2) is 24.3 Å². The Hall–Kier alpha value is -0.830. The number of aliphatic hydroxyl groups is 1. The highest BCUT2D eigenvalue weighted by Gasteiger charge is 2.03. The monoisotopic (exact) mass is 214 g/mol. The van der Waals surface area contributed by atoms with Gasteiger partial charge in [0.15, 0.2) is 0 Å². The van der Waals surface area contributed by atoms with Gasteiger partial charge in [-0.3, -0.25) is 0 Å². The standard InChI is InChI=1S/C12H22O3/c1-3-4-10-15-12(14)11(2)8-6-5-7-9-13/h8,13H,3-7,9-10H2,1-2H3. The maximum absolute atomic E-state index is 11.3. The summed E-state index contributed by atoms with van der Waals surface area (Å²) in [6.07, 6.45) is 6.36. The number of aliphatic hydroxyl groups excluding tert-OH is 1. The summed E-state index contributed by atoms with van der Waals surface area (Å²) in [6.45, 7) is 4.56. The van der Waals surface area contributed by atoms with E-state index >= 15 is 0 Å². The predicted molar refractivity (Wildman–Crippen MR) is 60.6 cm³/mol. The van der Waals surface area contributed by atoms with Crippen molar-refractivity contribution in [2.24, 2.45) is 0 Å². The summed E-state index contributed by atoms with van der Waals surface area (Å²) >= 11 is 0. The van der Waals surface area contributed by atoms with Crippen molar-refractivity contribution >= 4 is 5.97 Å². The highest BCUT2D eigenvalue weighted by Crippen LogP contribution is 2.03. The van der Waals surface area contributed by atoms with Crippen molar-refractivity contribution in [2.75, 3.05) is 13.2 Å². The number of rotatable bonds is 8. The molecule has 15 heavy (non-hydrogen) atoms. The minimum absolute atomic E-state index is 0.215. The Bertz CT molecular complexity index is 197. The maximum atomic E-state index is 11.3. The summed E-state index contributed by atoms with van der Waals surface area (Å²) in [4.78, 5) is 11.3. The molecule has 0 aliphatic carbocycles. The maximum Gasteiger partial charge on any atom is 0.333 e. The molecule has 88 valence electrons. The molecular formula is C12H22O3. The second-order valence-electron chi connectivity index (χ2n) is 3.60. The molecule has 0 heterocycles. The smallest absolute Gasteiger partial charge is 0.333 e. The molecule has 0 fully saturated rings. The predicted octanol–water partition coefficient (Wildman–Crippen LogP) is 2.44. The van der Waals surface area contributed by atoms with Crippen molar-refractivity contribution in [1.29, 1.82) is 0 Å². The van der Waals surface area contributed by atoms with Crippen LogP contribution in [0.2, 0.25) is 0 Å². The molecule has 1 N–H and O–H groups in total. The Balaban J connectivity index is 3.66. The highest BCUT2D eigenvalue weighted by atomic mass is 16.5. The zero-order valence-corrected chi connectivity index (χ0v) is 9.79. The molecule has 0 unspecified atom stereocenters. The van der Waals surface area contributed by atoms with Gasteiger partial charge in [0, 0.05) is 12.2 Å². The lowest BCUT2D eigenvalue weighted by molar-refractivity contribution is -0.139. The molecule has 0 amide bonds. The Labute approximate surface area is 92.1 Å². The second kappa shape index (κ2) is 9.71. The van der Waals surface area contributed by atoms with Crippen LogP contribution in [0.4, 0.5) is 0 Å². The summed E-state index contributed by atoms with van der Waals surface area (Å²) in [7, 11) is 0. The second-order valence-corrected chi connectivity index (χ2v) is 3.60. The Morgan fingerprint density at radius 2 is 2.07 bits per heavy atom. The zero-order valence-electron chi connectivity index (χ0n) is 9.79. The normalized spacial score (nSPS) is 11.5. The van der Waals surface area contributed by atoms with E-state index < -0.39 is 0 Å². The highest BCUT2D eigenvalue weighted by molar-refractivity contribution is 5.87. The first-order valence-corrected chi connectivity index (χ1v) is 5.67. The van der Waals surface area contributed by atoms with Crippen LogP contribution in [0, 0.1) is 0 Å². The fourth-order valence-electron chi connectivity index (χ4n) is 1.08. The van der Waals surface area contributed by atoms with Crippen LogP contribution in [0.25, 0.3) is 0 Å². The largest absolute Gasteiger partial charge is 0.462 e. The molecule has 0 saturated carbocycles. The van der Waals surface area contributed by atoms with Crippen molar-refractivity contribution in [3.05, 3.63) is 11.6 Å². The number of hydrogen-bond acceptors (Lipinski definition) is 3. The molecule has 0 spiro atoms. The van der Waals surface area contributed by atoms with Gasteiger partial charge >= 0.3 is 5.97 Å². The number of unbranched alkanes of at least 4 members (excludes halogenated alkanes) is 3. The SMILES string of the molecule is CCCCOC(=O)C(C)=CCCCCO. The fourth-order valence-corrected chi connectivity index (χ4v) is 1.08. The minimum Gasteiger partial charge on any atom is -0.462 e. The van der Waals surface area contributed by atoms with Gasteiger partial charge in [0.1, 0.15) is 0 Å². The summed E-state index contributed by atoms with van der Waals surface area (Å²) in [5.41, 5.74) is 0.670. The van der Waals surface area contributed by atoms with Crippen molar-refractivity contribution in [1.82, 2.24) is 0 Å². The molecule has 0 bridgehead atoms. The van der Waals surface area contributed by atoms with Crippen molar-refractivity contribution in [3.8, 4) is 0 Å². The van der Waals surface area contributed by atoms with Gasteiger partial charge in [0.05, 0.1) is 6.61 Å². The van der Waals surface area contributed by atoms with E-state index in [1.807, 2.05) is 6.08 Å². The summed E-state index contributed by atoms with van der Waals surface area (Å²) < 4.78 is 5.04. The third-order valence-corrected chi connectivity index (χ3v) is 2.12. The molecule has 3 heteroatoms. The molecule has 0 aromatic heterocycles. The average Bonchev–Trinajstić information content (AvgIpc) is 2.24. The average molecular weight is 214 g/mol.